The lowest BCUT2D eigenvalue weighted by atomic mass is 10.2. The van der Waals surface area contributed by atoms with Crippen LogP contribution in [0.4, 0.5) is 11.5 Å². The van der Waals surface area contributed by atoms with Gasteiger partial charge in [-0.2, -0.15) is 0 Å². The van der Waals surface area contributed by atoms with Gasteiger partial charge in [0.05, 0.1) is 24.1 Å². The van der Waals surface area contributed by atoms with Gasteiger partial charge in [-0.15, -0.1) is 0 Å². The van der Waals surface area contributed by atoms with Crippen LogP contribution in [-0.2, 0) is 6.54 Å². The number of hydrogen-bond donors (Lipinski definition) is 2. The van der Waals surface area contributed by atoms with Gasteiger partial charge in [0.2, 0.25) is 0 Å². The highest BCUT2D eigenvalue weighted by Gasteiger charge is 2.06. The molecule has 2 heterocycles. The molecular weight excluding hydrogens is 324 g/mol. The molecule has 2 N–H and O–H groups in total. The lowest BCUT2D eigenvalue weighted by molar-refractivity contribution is 0.102. The number of anilines is 2. The fourth-order valence-electron chi connectivity index (χ4n) is 2.06. The Kier molecular flexibility index (Phi) is 5.03. The monoisotopic (exact) mass is 338 g/mol. The molecule has 0 saturated carbocycles. The van der Waals surface area contributed by atoms with E-state index in [-0.39, 0.29) is 5.91 Å². The smallest absolute Gasteiger partial charge is 0.255 e. The topological polar surface area (TPSA) is 66.9 Å². The molecular formula is C18H15ClN4O. The second-order valence-electron chi connectivity index (χ2n) is 5.07. The van der Waals surface area contributed by atoms with E-state index in [1.165, 1.54) is 0 Å². The van der Waals surface area contributed by atoms with Crippen molar-refractivity contribution in [1.29, 1.82) is 0 Å². The Morgan fingerprint density at radius 1 is 1.00 bits per heavy atom. The number of halogens is 1. The average molecular weight is 339 g/mol. The van der Waals surface area contributed by atoms with Crippen molar-refractivity contribution in [2.75, 3.05) is 10.6 Å². The summed E-state index contributed by atoms with van der Waals surface area (Å²) in [6, 6.07) is 16.1. The lowest BCUT2D eigenvalue weighted by Crippen LogP contribution is -2.12. The van der Waals surface area contributed by atoms with Gasteiger partial charge in [0.15, 0.2) is 0 Å². The third-order valence-corrected chi connectivity index (χ3v) is 3.56. The summed E-state index contributed by atoms with van der Waals surface area (Å²) >= 11 is 5.81. The average Bonchev–Trinajstić information content (AvgIpc) is 2.62. The van der Waals surface area contributed by atoms with Crippen molar-refractivity contribution >= 4 is 29.0 Å². The van der Waals surface area contributed by atoms with Gasteiger partial charge in [0.25, 0.3) is 5.91 Å². The van der Waals surface area contributed by atoms with Crippen LogP contribution in [0.3, 0.4) is 0 Å². The van der Waals surface area contributed by atoms with E-state index in [4.69, 9.17) is 11.6 Å². The summed E-state index contributed by atoms with van der Waals surface area (Å²) < 4.78 is 0. The Hall–Kier alpha value is -2.92. The Bertz CT molecular complexity index is 805. The van der Waals surface area contributed by atoms with Crippen LogP contribution in [-0.4, -0.2) is 15.9 Å². The summed E-state index contributed by atoms with van der Waals surface area (Å²) in [6.45, 7) is 0.588. The first kappa shape index (κ1) is 16.0. The molecule has 5 nitrogen and oxygen atoms in total. The van der Waals surface area contributed by atoms with Gasteiger partial charge in [-0.05, 0) is 48.5 Å². The third kappa shape index (κ3) is 4.30. The number of hydrogen-bond acceptors (Lipinski definition) is 4. The zero-order valence-electron chi connectivity index (χ0n) is 12.7. The summed E-state index contributed by atoms with van der Waals surface area (Å²) in [5.74, 6) is 0.507. The molecule has 0 bridgehead atoms. The van der Waals surface area contributed by atoms with Crippen molar-refractivity contribution in [3.63, 3.8) is 0 Å². The van der Waals surface area contributed by atoms with Gasteiger partial charge in [-0.25, -0.2) is 4.98 Å². The van der Waals surface area contributed by atoms with Crippen molar-refractivity contribution < 1.29 is 4.79 Å². The second kappa shape index (κ2) is 7.57. The molecule has 1 amide bonds. The van der Waals surface area contributed by atoms with E-state index in [0.717, 1.165) is 5.69 Å². The predicted molar refractivity (Wildman–Crippen MR) is 95.2 cm³/mol. The minimum absolute atomic E-state index is 0.206. The molecule has 3 aromatic rings. The van der Waals surface area contributed by atoms with Crippen molar-refractivity contribution in [2.45, 2.75) is 6.54 Å². The molecule has 0 radical (unpaired) electrons. The van der Waals surface area contributed by atoms with E-state index in [1.54, 1.807) is 48.8 Å². The highest BCUT2D eigenvalue weighted by Crippen LogP contribution is 2.14. The molecule has 0 unspecified atom stereocenters. The van der Waals surface area contributed by atoms with Crippen LogP contribution in [0.1, 0.15) is 16.1 Å². The quantitative estimate of drug-likeness (QED) is 0.738. The summed E-state index contributed by atoms with van der Waals surface area (Å²) in [5.41, 5.74) is 2.09. The molecule has 0 spiro atoms. The first-order valence-corrected chi connectivity index (χ1v) is 7.75. The van der Waals surface area contributed by atoms with Gasteiger partial charge < -0.3 is 10.6 Å². The summed E-state index contributed by atoms with van der Waals surface area (Å²) in [5, 5.41) is 6.57. The van der Waals surface area contributed by atoms with Gasteiger partial charge in [-0.3, -0.25) is 9.78 Å². The maximum Gasteiger partial charge on any atom is 0.255 e. The summed E-state index contributed by atoms with van der Waals surface area (Å²) in [6.07, 6.45) is 3.36. The molecule has 120 valence electrons. The van der Waals surface area contributed by atoms with E-state index in [1.807, 2.05) is 18.2 Å². The van der Waals surface area contributed by atoms with Crippen molar-refractivity contribution in [3.8, 4) is 0 Å². The SMILES string of the molecule is O=C(Nc1ccc(NCc2ccccn2)nc1)c1ccc(Cl)cc1. The number of rotatable bonds is 5. The van der Waals surface area contributed by atoms with Crippen LogP contribution in [0.15, 0.2) is 67.0 Å². The molecule has 0 atom stereocenters. The largest absolute Gasteiger partial charge is 0.364 e. The maximum atomic E-state index is 12.1. The molecule has 3 rings (SSSR count). The predicted octanol–water partition coefficient (Wildman–Crippen LogP) is 3.99. The molecule has 0 aliphatic heterocycles. The molecule has 2 aromatic heterocycles. The van der Waals surface area contributed by atoms with E-state index >= 15 is 0 Å². The minimum Gasteiger partial charge on any atom is -0.364 e. The molecule has 0 aliphatic rings. The second-order valence-corrected chi connectivity index (χ2v) is 5.50. The minimum atomic E-state index is -0.206. The Labute approximate surface area is 144 Å². The highest BCUT2D eigenvalue weighted by atomic mass is 35.5. The highest BCUT2D eigenvalue weighted by molar-refractivity contribution is 6.30. The molecule has 0 fully saturated rings. The Balaban J connectivity index is 1.58. The van der Waals surface area contributed by atoms with Crippen molar-refractivity contribution in [2.24, 2.45) is 0 Å². The zero-order chi connectivity index (χ0) is 16.8. The summed E-state index contributed by atoms with van der Waals surface area (Å²) in [7, 11) is 0. The molecule has 6 heteroatoms. The molecule has 1 aromatic carbocycles. The van der Waals surface area contributed by atoms with Gasteiger partial charge in [0.1, 0.15) is 5.82 Å². The fourth-order valence-corrected chi connectivity index (χ4v) is 2.19. The Morgan fingerprint density at radius 2 is 1.83 bits per heavy atom. The van der Waals surface area contributed by atoms with Crippen LogP contribution in [0.25, 0.3) is 0 Å². The fraction of sp³-hybridized carbons (Fsp3) is 0.0556. The van der Waals surface area contributed by atoms with Gasteiger partial charge >= 0.3 is 0 Å². The van der Waals surface area contributed by atoms with Crippen LogP contribution >= 0.6 is 11.6 Å². The van der Waals surface area contributed by atoms with Gasteiger partial charge in [-0.1, -0.05) is 17.7 Å². The number of aromatic nitrogens is 2. The first-order chi connectivity index (χ1) is 11.7. The summed E-state index contributed by atoms with van der Waals surface area (Å²) in [4.78, 5) is 20.6. The van der Waals surface area contributed by atoms with E-state index in [2.05, 4.69) is 20.6 Å². The molecule has 0 saturated heterocycles. The van der Waals surface area contributed by atoms with Crippen LogP contribution in [0.2, 0.25) is 5.02 Å². The Morgan fingerprint density at radius 3 is 2.50 bits per heavy atom. The maximum absolute atomic E-state index is 12.1. The number of pyridine rings is 2. The zero-order valence-corrected chi connectivity index (χ0v) is 13.5. The van der Waals surface area contributed by atoms with Crippen molar-refractivity contribution in [1.82, 2.24) is 9.97 Å². The number of nitrogens with one attached hydrogen (secondary N) is 2. The number of benzene rings is 1. The van der Waals surface area contributed by atoms with Crippen LogP contribution < -0.4 is 10.6 Å². The van der Waals surface area contributed by atoms with E-state index < -0.39 is 0 Å². The normalized spacial score (nSPS) is 10.2. The number of carbonyl (C=O) groups is 1. The molecule has 0 aliphatic carbocycles. The number of carbonyl (C=O) groups excluding carboxylic acids is 1. The van der Waals surface area contributed by atoms with Crippen molar-refractivity contribution in [3.05, 3.63) is 83.3 Å². The standard InChI is InChI=1S/C18H15ClN4O/c19-14-6-4-13(5-7-14)18(24)23-16-8-9-17(22-12-16)21-11-15-3-1-2-10-20-15/h1-10,12H,11H2,(H,21,22)(H,23,24). The van der Waals surface area contributed by atoms with Gasteiger partial charge in [0, 0.05) is 16.8 Å². The van der Waals surface area contributed by atoms with Crippen LogP contribution in [0.5, 0.6) is 0 Å². The number of nitrogens with zero attached hydrogens (tertiary/aromatic N) is 2. The lowest BCUT2D eigenvalue weighted by Gasteiger charge is -2.08. The first-order valence-electron chi connectivity index (χ1n) is 7.37. The number of amides is 1. The van der Waals surface area contributed by atoms with Crippen LogP contribution in [0, 0.1) is 0 Å². The molecule has 24 heavy (non-hydrogen) atoms. The van der Waals surface area contributed by atoms with E-state index in [0.29, 0.717) is 28.6 Å². The third-order valence-electron chi connectivity index (χ3n) is 3.30. The van der Waals surface area contributed by atoms with E-state index in [9.17, 15) is 4.79 Å².